The number of aromatic nitrogens is 3. The lowest BCUT2D eigenvalue weighted by Crippen LogP contribution is -2.40. The van der Waals surface area contributed by atoms with Gasteiger partial charge in [0.05, 0.1) is 10.4 Å². The van der Waals surface area contributed by atoms with E-state index in [1.165, 1.54) is 18.2 Å². The summed E-state index contributed by atoms with van der Waals surface area (Å²) in [6.07, 6.45) is 7.12. The standard InChI is InChI=1S/C20H21ClFN5O/c1-27-9-8-15-18(23-11-24-19(15)27)25-13-3-5-14(6-4-13)26-20(28)12-2-7-17(22)16(21)10-12/h2,7-11,13-14H,3-6H2,1H3,(H,26,28)(H,23,24,25)/t13-,14+. The Kier molecular flexibility index (Phi) is 5.17. The number of rotatable bonds is 4. The third-order valence-electron chi connectivity index (χ3n) is 5.25. The van der Waals surface area contributed by atoms with Crippen molar-refractivity contribution in [1.29, 1.82) is 0 Å². The van der Waals surface area contributed by atoms with E-state index < -0.39 is 5.82 Å². The molecule has 1 aliphatic rings. The van der Waals surface area contributed by atoms with Crippen LogP contribution in [-0.4, -0.2) is 32.5 Å². The Balaban J connectivity index is 1.34. The zero-order chi connectivity index (χ0) is 19.7. The number of hydrogen-bond acceptors (Lipinski definition) is 4. The number of benzene rings is 1. The summed E-state index contributed by atoms with van der Waals surface area (Å²) in [5.41, 5.74) is 1.27. The van der Waals surface area contributed by atoms with Crippen LogP contribution in [0.2, 0.25) is 5.02 Å². The van der Waals surface area contributed by atoms with Crippen LogP contribution in [0.5, 0.6) is 0 Å². The fourth-order valence-electron chi connectivity index (χ4n) is 3.67. The number of nitrogens with zero attached hydrogens (tertiary/aromatic N) is 3. The fraction of sp³-hybridized carbons (Fsp3) is 0.350. The Morgan fingerprint density at radius 3 is 2.68 bits per heavy atom. The Labute approximate surface area is 167 Å². The van der Waals surface area contributed by atoms with Crippen molar-refractivity contribution in [2.24, 2.45) is 7.05 Å². The highest BCUT2D eigenvalue weighted by molar-refractivity contribution is 6.31. The van der Waals surface area contributed by atoms with E-state index in [4.69, 9.17) is 11.6 Å². The van der Waals surface area contributed by atoms with Crippen molar-refractivity contribution >= 4 is 34.4 Å². The summed E-state index contributed by atoms with van der Waals surface area (Å²) in [7, 11) is 1.96. The molecular weight excluding hydrogens is 381 g/mol. The molecule has 1 aromatic carbocycles. The van der Waals surface area contributed by atoms with Gasteiger partial charge in [0.2, 0.25) is 0 Å². The largest absolute Gasteiger partial charge is 0.367 e. The summed E-state index contributed by atoms with van der Waals surface area (Å²) in [6.45, 7) is 0. The number of aryl methyl sites for hydroxylation is 1. The number of hydrogen-bond donors (Lipinski definition) is 2. The van der Waals surface area contributed by atoms with Crippen LogP contribution in [0.4, 0.5) is 10.2 Å². The number of carbonyl (C=O) groups excluding carboxylic acids is 1. The molecule has 3 aromatic rings. The molecule has 2 aromatic heterocycles. The molecule has 4 rings (SSSR count). The Hall–Kier alpha value is -2.67. The molecule has 0 bridgehead atoms. The van der Waals surface area contributed by atoms with Gasteiger partial charge in [-0.3, -0.25) is 4.79 Å². The highest BCUT2D eigenvalue weighted by atomic mass is 35.5. The first-order valence-electron chi connectivity index (χ1n) is 9.30. The number of amides is 1. The molecule has 0 saturated heterocycles. The monoisotopic (exact) mass is 401 g/mol. The summed E-state index contributed by atoms with van der Waals surface area (Å²) >= 11 is 5.76. The van der Waals surface area contributed by atoms with Crippen molar-refractivity contribution in [2.45, 2.75) is 37.8 Å². The van der Waals surface area contributed by atoms with E-state index in [0.29, 0.717) is 11.6 Å². The quantitative estimate of drug-likeness (QED) is 0.695. The predicted molar refractivity (Wildman–Crippen MR) is 107 cm³/mol. The van der Waals surface area contributed by atoms with Gasteiger partial charge in [-0.05, 0) is 49.9 Å². The highest BCUT2D eigenvalue weighted by Crippen LogP contribution is 2.26. The van der Waals surface area contributed by atoms with Crippen molar-refractivity contribution in [1.82, 2.24) is 19.9 Å². The van der Waals surface area contributed by atoms with Crippen LogP contribution < -0.4 is 10.6 Å². The van der Waals surface area contributed by atoms with E-state index in [-0.39, 0.29) is 17.0 Å². The first kappa shape index (κ1) is 18.7. The number of anilines is 1. The molecular formula is C20H21ClFN5O. The summed E-state index contributed by atoms with van der Waals surface area (Å²) in [5.74, 6) is 0.0983. The third kappa shape index (κ3) is 3.80. The van der Waals surface area contributed by atoms with E-state index in [1.807, 2.05) is 23.9 Å². The Morgan fingerprint density at radius 2 is 1.93 bits per heavy atom. The summed E-state index contributed by atoms with van der Waals surface area (Å²) in [5, 5.41) is 7.51. The van der Waals surface area contributed by atoms with Crippen molar-refractivity contribution < 1.29 is 9.18 Å². The van der Waals surface area contributed by atoms with Gasteiger partial charge in [0.25, 0.3) is 5.91 Å². The molecule has 6 nitrogen and oxygen atoms in total. The predicted octanol–water partition coefficient (Wildman–Crippen LogP) is 3.91. The minimum absolute atomic E-state index is 0.0439. The number of nitrogens with one attached hydrogen (secondary N) is 2. The first-order valence-corrected chi connectivity index (χ1v) is 9.67. The van der Waals surface area contributed by atoms with Crippen molar-refractivity contribution in [3.05, 3.63) is 53.2 Å². The highest BCUT2D eigenvalue weighted by Gasteiger charge is 2.24. The van der Waals surface area contributed by atoms with Gasteiger partial charge in [0.15, 0.2) is 0 Å². The molecule has 1 aliphatic carbocycles. The second-order valence-corrected chi connectivity index (χ2v) is 7.59. The topological polar surface area (TPSA) is 71.8 Å². The van der Waals surface area contributed by atoms with Crippen LogP contribution in [0, 0.1) is 5.82 Å². The van der Waals surface area contributed by atoms with Crippen molar-refractivity contribution in [3.8, 4) is 0 Å². The molecule has 2 heterocycles. The molecule has 0 atom stereocenters. The van der Waals surface area contributed by atoms with Gasteiger partial charge < -0.3 is 15.2 Å². The molecule has 0 aliphatic heterocycles. The van der Waals surface area contributed by atoms with Gasteiger partial charge in [-0.15, -0.1) is 0 Å². The molecule has 2 N–H and O–H groups in total. The summed E-state index contributed by atoms with van der Waals surface area (Å²) < 4.78 is 15.2. The third-order valence-corrected chi connectivity index (χ3v) is 5.54. The van der Waals surface area contributed by atoms with Gasteiger partial charge in [-0.25, -0.2) is 14.4 Å². The molecule has 0 radical (unpaired) electrons. The van der Waals surface area contributed by atoms with Crippen LogP contribution in [0.3, 0.4) is 0 Å². The van der Waals surface area contributed by atoms with Gasteiger partial charge in [0.1, 0.15) is 23.6 Å². The molecule has 0 spiro atoms. The molecule has 1 fully saturated rings. The lowest BCUT2D eigenvalue weighted by Gasteiger charge is -2.30. The lowest BCUT2D eigenvalue weighted by molar-refractivity contribution is 0.0926. The van der Waals surface area contributed by atoms with Crippen LogP contribution in [0.15, 0.2) is 36.8 Å². The fourth-order valence-corrected chi connectivity index (χ4v) is 3.85. The molecule has 8 heteroatoms. The van der Waals surface area contributed by atoms with E-state index in [2.05, 4.69) is 20.6 Å². The Morgan fingerprint density at radius 1 is 1.18 bits per heavy atom. The van der Waals surface area contributed by atoms with E-state index >= 15 is 0 Å². The normalized spacial score (nSPS) is 19.5. The zero-order valence-electron chi connectivity index (χ0n) is 15.5. The van der Waals surface area contributed by atoms with Gasteiger partial charge in [0, 0.05) is 30.9 Å². The van der Waals surface area contributed by atoms with Crippen LogP contribution in [0.25, 0.3) is 11.0 Å². The maximum Gasteiger partial charge on any atom is 0.251 e. The summed E-state index contributed by atoms with van der Waals surface area (Å²) in [6, 6.07) is 6.42. The molecule has 1 saturated carbocycles. The number of halogens is 2. The van der Waals surface area contributed by atoms with Gasteiger partial charge >= 0.3 is 0 Å². The lowest BCUT2D eigenvalue weighted by atomic mass is 9.91. The minimum atomic E-state index is -0.526. The van der Waals surface area contributed by atoms with Crippen molar-refractivity contribution in [3.63, 3.8) is 0 Å². The maximum atomic E-state index is 13.3. The Bertz CT molecular complexity index is 1010. The first-order chi connectivity index (χ1) is 13.5. The number of fused-ring (bicyclic) bond motifs is 1. The second-order valence-electron chi connectivity index (χ2n) is 7.18. The molecule has 0 unspecified atom stereocenters. The molecule has 28 heavy (non-hydrogen) atoms. The van der Waals surface area contributed by atoms with E-state index in [0.717, 1.165) is 42.5 Å². The van der Waals surface area contributed by atoms with Gasteiger partial charge in [-0.2, -0.15) is 0 Å². The number of carbonyl (C=O) groups is 1. The average Bonchev–Trinajstić information content (AvgIpc) is 3.07. The van der Waals surface area contributed by atoms with Crippen molar-refractivity contribution in [2.75, 3.05) is 5.32 Å². The van der Waals surface area contributed by atoms with Gasteiger partial charge in [-0.1, -0.05) is 11.6 Å². The SMILES string of the molecule is Cn1ccc2c(N[C@H]3CC[C@@H](NC(=O)c4ccc(F)c(Cl)c4)CC3)ncnc21. The maximum absolute atomic E-state index is 13.3. The van der Waals surface area contributed by atoms with E-state index in [9.17, 15) is 9.18 Å². The average molecular weight is 402 g/mol. The molecule has 1 amide bonds. The minimum Gasteiger partial charge on any atom is -0.367 e. The van der Waals surface area contributed by atoms with Crippen LogP contribution in [0.1, 0.15) is 36.0 Å². The molecule has 146 valence electrons. The second kappa shape index (κ2) is 7.75. The van der Waals surface area contributed by atoms with E-state index in [1.54, 1.807) is 6.33 Å². The summed E-state index contributed by atoms with van der Waals surface area (Å²) in [4.78, 5) is 21.1. The smallest absolute Gasteiger partial charge is 0.251 e. The van der Waals surface area contributed by atoms with Crippen LogP contribution in [-0.2, 0) is 7.05 Å². The zero-order valence-corrected chi connectivity index (χ0v) is 16.2. The van der Waals surface area contributed by atoms with Crippen LogP contribution >= 0.6 is 11.6 Å².